The van der Waals surface area contributed by atoms with Gasteiger partial charge in [-0.15, -0.1) is 0 Å². The molecule has 2 rings (SSSR count). The van der Waals surface area contributed by atoms with Gasteiger partial charge in [0.15, 0.2) is 0 Å². The lowest BCUT2D eigenvalue weighted by molar-refractivity contribution is 0.266. The Labute approximate surface area is 126 Å². The predicted octanol–water partition coefficient (Wildman–Crippen LogP) is 3.73. The fourth-order valence-corrected chi connectivity index (χ4v) is 2.25. The van der Waals surface area contributed by atoms with Gasteiger partial charge in [0.25, 0.3) is 0 Å². The third kappa shape index (κ3) is 4.23. The molecule has 2 aromatic carbocycles. The Morgan fingerprint density at radius 2 is 1.76 bits per heavy atom. The average Bonchev–Trinajstić information content (AvgIpc) is 2.53. The Balaban J connectivity index is 2.06. The average molecular weight is 285 g/mol. The SMILES string of the molecule is CCNC(COc1ccccc1C)c1ccc(OC)cc1. The van der Waals surface area contributed by atoms with Crippen molar-refractivity contribution < 1.29 is 9.47 Å². The molecule has 0 fully saturated rings. The molecule has 3 heteroatoms. The van der Waals surface area contributed by atoms with Crippen molar-refractivity contribution in [1.29, 1.82) is 0 Å². The van der Waals surface area contributed by atoms with E-state index in [1.807, 2.05) is 30.3 Å². The Morgan fingerprint density at radius 3 is 2.38 bits per heavy atom. The van der Waals surface area contributed by atoms with Crippen molar-refractivity contribution >= 4 is 0 Å². The molecule has 0 aromatic heterocycles. The summed E-state index contributed by atoms with van der Waals surface area (Å²) in [5.74, 6) is 1.81. The van der Waals surface area contributed by atoms with Crippen LogP contribution in [0.2, 0.25) is 0 Å². The van der Waals surface area contributed by atoms with Crippen LogP contribution in [0, 0.1) is 6.92 Å². The van der Waals surface area contributed by atoms with Crippen molar-refractivity contribution in [3.8, 4) is 11.5 Å². The van der Waals surface area contributed by atoms with E-state index < -0.39 is 0 Å². The molecule has 0 aliphatic rings. The molecular weight excluding hydrogens is 262 g/mol. The Morgan fingerprint density at radius 1 is 1.05 bits per heavy atom. The van der Waals surface area contributed by atoms with Gasteiger partial charge in [-0.25, -0.2) is 0 Å². The summed E-state index contributed by atoms with van der Waals surface area (Å²) in [4.78, 5) is 0. The van der Waals surface area contributed by atoms with Crippen LogP contribution in [0.3, 0.4) is 0 Å². The van der Waals surface area contributed by atoms with Crippen LogP contribution in [0.15, 0.2) is 48.5 Å². The standard InChI is InChI=1S/C18H23NO2/c1-4-19-17(15-9-11-16(20-3)12-10-15)13-21-18-8-6-5-7-14(18)2/h5-12,17,19H,4,13H2,1-3H3. The summed E-state index contributed by atoms with van der Waals surface area (Å²) < 4.78 is 11.2. The maximum atomic E-state index is 5.97. The maximum absolute atomic E-state index is 5.97. The van der Waals surface area contributed by atoms with Gasteiger partial charge in [0.1, 0.15) is 18.1 Å². The van der Waals surface area contributed by atoms with Crippen LogP contribution < -0.4 is 14.8 Å². The molecule has 0 heterocycles. The second-order valence-electron chi connectivity index (χ2n) is 4.96. The summed E-state index contributed by atoms with van der Waals surface area (Å²) in [7, 11) is 1.68. The summed E-state index contributed by atoms with van der Waals surface area (Å²) in [6.07, 6.45) is 0. The van der Waals surface area contributed by atoms with E-state index in [1.165, 1.54) is 5.56 Å². The van der Waals surface area contributed by atoms with Gasteiger partial charge in [-0.2, -0.15) is 0 Å². The molecule has 112 valence electrons. The van der Waals surface area contributed by atoms with E-state index in [-0.39, 0.29) is 6.04 Å². The molecule has 2 aromatic rings. The van der Waals surface area contributed by atoms with Gasteiger partial charge in [-0.3, -0.25) is 0 Å². The van der Waals surface area contributed by atoms with Crippen LogP contribution in [0.4, 0.5) is 0 Å². The van der Waals surface area contributed by atoms with Crippen molar-refractivity contribution in [2.24, 2.45) is 0 Å². The van der Waals surface area contributed by atoms with E-state index >= 15 is 0 Å². The molecular formula is C18H23NO2. The van der Waals surface area contributed by atoms with Gasteiger partial charge in [-0.05, 0) is 42.8 Å². The molecule has 0 amide bonds. The van der Waals surface area contributed by atoms with Gasteiger partial charge >= 0.3 is 0 Å². The lowest BCUT2D eigenvalue weighted by atomic mass is 10.1. The number of benzene rings is 2. The number of methoxy groups -OCH3 is 1. The minimum atomic E-state index is 0.167. The number of hydrogen-bond donors (Lipinski definition) is 1. The highest BCUT2D eigenvalue weighted by Gasteiger charge is 2.12. The first-order valence-electron chi connectivity index (χ1n) is 7.30. The van der Waals surface area contributed by atoms with E-state index in [9.17, 15) is 0 Å². The molecule has 0 radical (unpaired) electrons. The predicted molar refractivity (Wildman–Crippen MR) is 86.1 cm³/mol. The fraction of sp³-hybridized carbons (Fsp3) is 0.333. The third-order valence-corrected chi connectivity index (χ3v) is 3.47. The van der Waals surface area contributed by atoms with Gasteiger partial charge in [0.05, 0.1) is 13.2 Å². The smallest absolute Gasteiger partial charge is 0.122 e. The zero-order chi connectivity index (χ0) is 15.1. The molecule has 0 bridgehead atoms. The van der Waals surface area contributed by atoms with E-state index in [2.05, 4.69) is 37.4 Å². The second kappa shape index (κ2) is 7.70. The first kappa shape index (κ1) is 15.4. The van der Waals surface area contributed by atoms with E-state index in [0.29, 0.717) is 6.61 Å². The monoisotopic (exact) mass is 285 g/mol. The van der Waals surface area contributed by atoms with E-state index in [4.69, 9.17) is 9.47 Å². The molecule has 0 saturated heterocycles. The largest absolute Gasteiger partial charge is 0.497 e. The lowest BCUT2D eigenvalue weighted by Gasteiger charge is -2.20. The van der Waals surface area contributed by atoms with Gasteiger partial charge in [0, 0.05) is 0 Å². The summed E-state index contributed by atoms with van der Waals surface area (Å²) in [6.45, 7) is 5.66. The first-order valence-corrected chi connectivity index (χ1v) is 7.30. The van der Waals surface area contributed by atoms with Crippen molar-refractivity contribution in [1.82, 2.24) is 5.32 Å². The quantitative estimate of drug-likeness (QED) is 0.840. The summed E-state index contributed by atoms with van der Waals surface area (Å²) in [6, 6.07) is 16.4. The topological polar surface area (TPSA) is 30.5 Å². The molecule has 0 aliphatic heterocycles. The normalized spacial score (nSPS) is 12.0. The van der Waals surface area contributed by atoms with Gasteiger partial charge in [-0.1, -0.05) is 37.3 Å². The van der Waals surface area contributed by atoms with Crippen molar-refractivity contribution in [3.63, 3.8) is 0 Å². The molecule has 3 nitrogen and oxygen atoms in total. The lowest BCUT2D eigenvalue weighted by Crippen LogP contribution is -2.26. The highest BCUT2D eigenvalue weighted by Crippen LogP contribution is 2.21. The van der Waals surface area contributed by atoms with Crippen LogP contribution in [0.25, 0.3) is 0 Å². The third-order valence-electron chi connectivity index (χ3n) is 3.47. The maximum Gasteiger partial charge on any atom is 0.122 e. The van der Waals surface area contributed by atoms with Crippen LogP contribution in [-0.4, -0.2) is 20.3 Å². The zero-order valence-corrected chi connectivity index (χ0v) is 12.9. The molecule has 1 N–H and O–H groups in total. The number of ether oxygens (including phenoxy) is 2. The zero-order valence-electron chi connectivity index (χ0n) is 12.9. The number of hydrogen-bond acceptors (Lipinski definition) is 3. The molecule has 0 aliphatic carbocycles. The summed E-state index contributed by atoms with van der Waals surface area (Å²) in [5, 5.41) is 3.46. The molecule has 0 spiro atoms. The number of aryl methyl sites for hydroxylation is 1. The molecule has 21 heavy (non-hydrogen) atoms. The second-order valence-corrected chi connectivity index (χ2v) is 4.96. The van der Waals surface area contributed by atoms with Crippen LogP contribution in [0.5, 0.6) is 11.5 Å². The number of nitrogens with one attached hydrogen (secondary N) is 1. The number of para-hydroxylation sites is 1. The van der Waals surface area contributed by atoms with Gasteiger partial charge < -0.3 is 14.8 Å². The Hall–Kier alpha value is -2.00. The number of likely N-dealkylation sites (N-methyl/N-ethyl adjacent to an activating group) is 1. The Bertz CT molecular complexity index is 551. The minimum absolute atomic E-state index is 0.167. The fourth-order valence-electron chi connectivity index (χ4n) is 2.25. The summed E-state index contributed by atoms with van der Waals surface area (Å²) in [5.41, 5.74) is 2.36. The van der Waals surface area contributed by atoms with Crippen LogP contribution >= 0.6 is 0 Å². The van der Waals surface area contributed by atoms with Gasteiger partial charge in [0.2, 0.25) is 0 Å². The molecule has 0 saturated carbocycles. The highest BCUT2D eigenvalue weighted by atomic mass is 16.5. The van der Waals surface area contributed by atoms with E-state index in [0.717, 1.165) is 23.6 Å². The van der Waals surface area contributed by atoms with Crippen LogP contribution in [0.1, 0.15) is 24.1 Å². The highest BCUT2D eigenvalue weighted by molar-refractivity contribution is 5.32. The van der Waals surface area contributed by atoms with Crippen molar-refractivity contribution in [3.05, 3.63) is 59.7 Å². The number of rotatable bonds is 7. The van der Waals surface area contributed by atoms with Crippen LogP contribution in [-0.2, 0) is 0 Å². The minimum Gasteiger partial charge on any atom is -0.497 e. The molecule has 1 atom stereocenters. The van der Waals surface area contributed by atoms with E-state index in [1.54, 1.807) is 7.11 Å². The van der Waals surface area contributed by atoms with Crippen molar-refractivity contribution in [2.75, 3.05) is 20.3 Å². The molecule has 1 unspecified atom stereocenters. The van der Waals surface area contributed by atoms with Crippen molar-refractivity contribution in [2.45, 2.75) is 19.9 Å². The summed E-state index contributed by atoms with van der Waals surface area (Å²) >= 11 is 0. The first-order chi connectivity index (χ1) is 10.2. The Kier molecular flexibility index (Phi) is 5.64.